The van der Waals surface area contributed by atoms with Crippen molar-refractivity contribution in [3.05, 3.63) is 71.8 Å². The molecule has 3 heterocycles. The average molecular weight is 536 g/mol. The predicted octanol–water partition coefficient (Wildman–Crippen LogP) is 4.98. The summed E-state index contributed by atoms with van der Waals surface area (Å²) in [6.07, 6.45) is -7.66. The van der Waals surface area contributed by atoms with Crippen LogP contribution in [0.15, 0.2) is 54.9 Å². The Kier molecular flexibility index (Phi) is 6.81. The molecule has 0 bridgehead atoms. The van der Waals surface area contributed by atoms with E-state index in [9.17, 15) is 31.1 Å². The van der Waals surface area contributed by atoms with E-state index >= 15 is 0 Å². The molecule has 4 aromatic rings. The number of rotatable bonds is 6. The van der Waals surface area contributed by atoms with Crippen LogP contribution in [0, 0.1) is 11.3 Å². The van der Waals surface area contributed by atoms with Gasteiger partial charge in [-0.3, -0.25) is 9.36 Å². The number of ether oxygens (including phenoxy) is 2. The molecule has 1 aromatic carbocycles. The van der Waals surface area contributed by atoms with Crippen LogP contribution in [0.5, 0.6) is 11.5 Å². The number of alkyl halides is 6. The van der Waals surface area contributed by atoms with Gasteiger partial charge in [-0.2, -0.15) is 5.26 Å². The van der Waals surface area contributed by atoms with Gasteiger partial charge < -0.3 is 14.8 Å². The first-order valence-corrected chi connectivity index (χ1v) is 10.5. The molecule has 0 aliphatic heterocycles. The fourth-order valence-electron chi connectivity index (χ4n) is 3.46. The van der Waals surface area contributed by atoms with Crippen LogP contribution in [0.3, 0.4) is 0 Å². The zero-order chi connectivity index (χ0) is 27.7. The second-order valence-electron chi connectivity index (χ2n) is 7.65. The average Bonchev–Trinajstić information content (AvgIpc) is 3.21. The Morgan fingerprint density at radius 2 is 1.68 bits per heavy atom. The summed E-state index contributed by atoms with van der Waals surface area (Å²) in [7, 11) is 0. The number of hydrogen-bond donors (Lipinski definition) is 1. The quantitative estimate of drug-likeness (QED) is 0.346. The Morgan fingerprint density at radius 1 is 1.03 bits per heavy atom. The smallest absolute Gasteiger partial charge is 0.406 e. The van der Waals surface area contributed by atoms with Gasteiger partial charge in [-0.25, -0.2) is 15.0 Å². The minimum absolute atomic E-state index is 0.193. The van der Waals surface area contributed by atoms with Crippen molar-refractivity contribution in [3.8, 4) is 23.4 Å². The first kappa shape index (κ1) is 26.2. The number of aromatic nitrogens is 4. The van der Waals surface area contributed by atoms with Gasteiger partial charge in [0.15, 0.2) is 5.65 Å². The van der Waals surface area contributed by atoms with Crippen molar-refractivity contribution in [2.24, 2.45) is 0 Å². The van der Waals surface area contributed by atoms with Crippen LogP contribution in [0.4, 0.5) is 26.3 Å². The molecular weight excluding hydrogens is 522 g/mol. The maximum absolute atomic E-state index is 12.9. The van der Waals surface area contributed by atoms with Crippen LogP contribution in [0.1, 0.15) is 34.7 Å². The monoisotopic (exact) mass is 536 g/mol. The number of halogens is 6. The minimum Gasteiger partial charge on any atom is -0.406 e. The molecule has 0 fully saturated rings. The van der Waals surface area contributed by atoms with E-state index in [4.69, 9.17) is 5.26 Å². The van der Waals surface area contributed by atoms with Gasteiger partial charge in [0, 0.05) is 24.0 Å². The zero-order valence-electron chi connectivity index (χ0n) is 19.0. The molecule has 4 rings (SSSR count). The molecule has 38 heavy (non-hydrogen) atoms. The van der Waals surface area contributed by atoms with E-state index in [1.807, 2.05) is 6.07 Å². The second kappa shape index (κ2) is 9.88. The summed E-state index contributed by atoms with van der Waals surface area (Å²) in [6.45, 7) is 1.49. The summed E-state index contributed by atoms with van der Waals surface area (Å²) in [6, 6.07) is 8.84. The van der Waals surface area contributed by atoms with Crippen LogP contribution in [-0.2, 0) is 0 Å². The highest BCUT2D eigenvalue weighted by molar-refractivity contribution is 5.95. The number of hydrogen-bond acceptors (Lipinski definition) is 7. The van der Waals surface area contributed by atoms with Gasteiger partial charge in [0.25, 0.3) is 5.91 Å². The summed E-state index contributed by atoms with van der Waals surface area (Å²) in [5, 5.41) is 11.5. The zero-order valence-corrected chi connectivity index (χ0v) is 19.0. The molecule has 15 heteroatoms. The molecule has 0 aliphatic carbocycles. The highest BCUT2D eigenvalue weighted by Crippen LogP contribution is 2.32. The van der Waals surface area contributed by atoms with Gasteiger partial charge in [0.2, 0.25) is 0 Å². The summed E-state index contributed by atoms with van der Waals surface area (Å²) in [4.78, 5) is 25.8. The number of benzene rings is 1. The molecule has 9 nitrogen and oxygen atoms in total. The lowest BCUT2D eigenvalue weighted by molar-refractivity contribution is -0.276. The lowest BCUT2D eigenvalue weighted by atomic mass is 10.1. The normalized spacial score (nSPS) is 12.6. The molecular formula is C23H14F6N6O3. The highest BCUT2D eigenvalue weighted by atomic mass is 19.4. The van der Waals surface area contributed by atoms with E-state index in [2.05, 4.69) is 29.7 Å². The van der Waals surface area contributed by atoms with E-state index in [1.54, 1.807) is 12.1 Å². The Hall–Kier alpha value is -4.87. The SMILES string of the molecule is C[C@H](NC(=O)c1cc(OC(F)(F)F)cc(OC(F)(F)F)c1)c1nc2cccnc2n1-c1ccc(C#N)cn1. The summed E-state index contributed by atoms with van der Waals surface area (Å²) in [5.74, 6) is -2.73. The van der Waals surface area contributed by atoms with Gasteiger partial charge in [-0.05, 0) is 43.3 Å². The Labute approximate surface area is 209 Å². The number of nitrogens with one attached hydrogen (secondary N) is 1. The number of carbonyl (C=O) groups excluding carboxylic acids is 1. The number of carbonyl (C=O) groups is 1. The topological polar surface area (TPSA) is 115 Å². The summed E-state index contributed by atoms with van der Waals surface area (Å²) in [5.41, 5.74) is 0.445. The third kappa shape index (κ3) is 6.09. The third-order valence-electron chi connectivity index (χ3n) is 4.89. The number of fused-ring (bicyclic) bond motifs is 1. The minimum atomic E-state index is -5.23. The maximum Gasteiger partial charge on any atom is 0.573 e. The van der Waals surface area contributed by atoms with Crippen molar-refractivity contribution < 1.29 is 40.6 Å². The van der Waals surface area contributed by atoms with Gasteiger partial charge in [0.1, 0.15) is 34.7 Å². The Bertz CT molecular complexity index is 1490. The van der Waals surface area contributed by atoms with Gasteiger partial charge in [0.05, 0.1) is 11.6 Å². The molecule has 0 unspecified atom stereocenters. The van der Waals surface area contributed by atoms with Crippen molar-refractivity contribution in [2.75, 3.05) is 0 Å². The maximum atomic E-state index is 12.9. The highest BCUT2D eigenvalue weighted by Gasteiger charge is 2.34. The Balaban J connectivity index is 1.70. The van der Waals surface area contributed by atoms with Crippen LogP contribution in [-0.4, -0.2) is 38.2 Å². The van der Waals surface area contributed by atoms with Crippen molar-refractivity contribution in [1.29, 1.82) is 5.26 Å². The van der Waals surface area contributed by atoms with Crippen LogP contribution >= 0.6 is 0 Å². The number of pyridine rings is 2. The molecule has 3 aromatic heterocycles. The molecule has 1 atom stereocenters. The lowest BCUT2D eigenvalue weighted by Gasteiger charge is -2.17. The predicted molar refractivity (Wildman–Crippen MR) is 117 cm³/mol. The summed E-state index contributed by atoms with van der Waals surface area (Å²) >= 11 is 0. The van der Waals surface area contributed by atoms with E-state index < -0.39 is 41.7 Å². The number of nitriles is 1. The first-order chi connectivity index (χ1) is 17.8. The first-order valence-electron chi connectivity index (χ1n) is 10.5. The van der Waals surface area contributed by atoms with Crippen molar-refractivity contribution in [3.63, 3.8) is 0 Å². The standard InChI is InChI=1S/C23H14F6N6O3/c1-12(19-34-17-3-2-6-31-20(17)35(19)18-5-4-13(10-30)11-32-18)33-21(36)14-7-15(37-22(24,25)26)9-16(8-14)38-23(27,28)29/h2-9,11-12H,1H3,(H,33,36)/t12-/m0/s1. The van der Waals surface area contributed by atoms with E-state index in [-0.39, 0.29) is 11.4 Å². The molecule has 0 aliphatic rings. The molecule has 0 radical (unpaired) electrons. The van der Waals surface area contributed by atoms with Crippen molar-refractivity contribution in [1.82, 2.24) is 24.8 Å². The third-order valence-corrected chi connectivity index (χ3v) is 4.89. The number of nitrogens with zero attached hydrogens (tertiary/aromatic N) is 5. The summed E-state index contributed by atoms with van der Waals surface area (Å²) < 4.78 is 85.1. The van der Waals surface area contributed by atoms with Crippen molar-refractivity contribution in [2.45, 2.75) is 25.7 Å². The Morgan fingerprint density at radius 3 is 2.24 bits per heavy atom. The van der Waals surface area contributed by atoms with Crippen molar-refractivity contribution >= 4 is 17.1 Å². The number of amides is 1. The van der Waals surface area contributed by atoms with E-state index in [0.29, 0.717) is 35.2 Å². The molecule has 0 saturated carbocycles. The van der Waals surface area contributed by atoms with Crippen LogP contribution < -0.4 is 14.8 Å². The second-order valence-corrected chi connectivity index (χ2v) is 7.65. The molecule has 1 amide bonds. The van der Waals surface area contributed by atoms with Gasteiger partial charge >= 0.3 is 12.7 Å². The van der Waals surface area contributed by atoms with Crippen LogP contribution in [0.25, 0.3) is 17.0 Å². The van der Waals surface area contributed by atoms with Gasteiger partial charge in [-0.15, -0.1) is 26.3 Å². The van der Waals surface area contributed by atoms with Gasteiger partial charge in [-0.1, -0.05) is 0 Å². The van der Waals surface area contributed by atoms with E-state index in [0.717, 1.165) is 0 Å². The fourth-order valence-corrected chi connectivity index (χ4v) is 3.46. The van der Waals surface area contributed by atoms with E-state index in [1.165, 1.54) is 36.0 Å². The van der Waals surface area contributed by atoms with Crippen LogP contribution in [0.2, 0.25) is 0 Å². The molecule has 0 saturated heterocycles. The number of imidazole rings is 1. The fraction of sp³-hybridized carbons (Fsp3) is 0.174. The molecule has 1 N–H and O–H groups in total. The molecule has 196 valence electrons. The largest absolute Gasteiger partial charge is 0.573 e. The lowest BCUT2D eigenvalue weighted by Crippen LogP contribution is -2.29. The molecule has 0 spiro atoms.